The molecule has 3 amide bonds. The number of alkyl carbamates (subject to hydrolysis) is 1. The number of rotatable bonds is 6. The number of ether oxygens (including phenoxy) is 1. The number of hydrogen-bond donors (Lipinski definition) is 2. The molecule has 3 aromatic heterocycles. The molecule has 206 valence electrons. The van der Waals surface area contributed by atoms with Gasteiger partial charge in [0.05, 0.1) is 18.9 Å². The molecule has 0 bridgehead atoms. The molecule has 39 heavy (non-hydrogen) atoms. The number of carbonyl (C=O) groups is 3. The molecule has 2 N–H and O–H groups in total. The average molecular weight is 553 g/mol. The summed E-state index contributed by atoms with van der Waals surface area (Å²) >= 11 is 1.53. The fraction of sp³-hybridized carbons (Fsp3) is 0.538. The SMILES string of the molecule is COC(=O)NC1CCN(C(=O)c2cc(N[C@@H]3CCN(C(=O)C4CCC4)C3)nc(-c3cnn4ccsc34)n2)CC1. The number of methoxy groups -OCH3 is 1. The predicted molar refractivity (Wildman–Crippen MR) is 145 cm³/mol. The van der Waals surface area contributed by atoms with Crippen LogP contribution in [0, 0.1) is 5.92 Å². The maximum Gasteiger partial charge on any atom is 0.407 e. The summed E-state index contributed by atoms with van der Waals surface area (Å²) in [5.74, 6) is 1.25. The Kier molecular flexibility index (Phi) is 7.07. The molecule has 0 aromatic carbocycles. The lowest BCUT2D eigenvalue weighted by Crippen LogP contribution is -2.46. The number of nitrogens with zero attached hydrogens (tertiary/aromatic N) is 6. The van der Waals surface area contributed by atoms with Gasteiger partial charge >= 0.3 is 6.09 Å². The van der Waals surface area contributed by atoms with E-state index in [1.165, 1.54) is 18.4 Å². The summed E-state index contributed by atoms with van der Waals surface area (Å²) in [6.45, 7) is 2.35. The number of likely N-dealkylation sites (tertiary alicyclic amines) is 2. The molecule has 5 heterocycles. The van der Waals surface area contributed by atoms with Gasteiger partial charge in [-0.15, -0.1) is 11.3 Å². The molecular formula is C26H32N8O4S. The van der Waals surface area contributed by atoms with Crippen molar-refractivity contribution >= 4 is 39.9 Å². The number of fused-ring (bicyclic) bond motifs is 1. The van der Waals surface area contributed by atoms with Crippen molar-refractivity contribution in [3.8, 4) is 11.4 Å². The maximum atomic E-state index is 13.6. The number of carbonyl (C=O) groups excluding carboxylic acids is 3. The molecule has 1 atom stereocenters. The van der Waals surface area contributed by atoms with E-state index in [1.807, 2.05) is 16.5 Å². The second-order valence-electron chi connectivity index (χ2n) is 10.4. The zero-order valence-electron chi connectivity index (χ0n) is 21.8. The highest BCUT2D eigenvalue weighted by atomic mass is 32.1. The van der Waals surface area contributed by atoms with Crippen LogP contribution in [0.15, 0.2) is 23.8 Å². The molecular weight excluding hydrogens is 520 g/mol. The molecule has 0 radical (unpaired) electrons. The van der Waals surface area contributed by atoms with Gasteiger partial charge in [0.25, 0.3) is 5.91 Å². The summed E-state index contributed by atoms with van der Waals surface area (Å²) in [7, 11) is 1.34. The van der Waals surface area contributed by atoms with E-state index >= 15 is 0 Å². The molecule has 1 aliphatic carbocycles. The van der Waals surface area contributed by atoms with Crippen molar-refractivity contribution in [2.45, 2.75) is 50.6 Å². The normalized spacial score (nSPS) is 20.2. The first-order valence-electron chi connectivity index (χ1n) is 13.5. The minimum atomic E-state index is -0.461. The molecule has 0 unspecified atom stereocenters. The summed E-state index contributed by atoms with van der Waals surface area (Å²) in [4.78, 5) is 52.0. The van der Waals surface area contributed by atoms with Gasteiger partial charge < -0.3 is 25.2 Å². The van der Waals surface area contributed by atoms with Crippen molar-refractivity contribution in [1.29, 1.82) is 0 Å². The van der Waals surface area contributed by atoms with Gasteiger partial charge in [0.1, 0.15) is 16.3 Å². The van der Waals surface area contributed by atoms with Crippen LogP contribution in [0.3, 0.4) is 0 Å². The minimum absolute atomic E-state index is 0.0350. The van der Waals surface area contributed by atoms with Crippen LogP contribution in [0.5, 0.6) is 0 Å². The number of piperidine rings is 1. The summed E-state index contributed by atoms with van der Waals surface area (Å²) in [5.41, 5.74) is 1.06. The van der Waals surface area contributed by atoms with Crippen LogP contribution in [0.1, 0.15) is 49.0 Å². The first-order chi connectivity index (χ1) is 19.0. The van der Waals surface area contributed by atoms with E-state index < -0.39 is 6.09 Å². The number of amides is 3. The van der Waals surface area contributed by atoms with Crippen LogP contribution >= 0.6 is 11.3 Å². The van der Waals surface area contributed by atoms with Crippen molar-refractivity contribution < 1.29 is 19.1 Å². The van der Waals surface area contributed by atoms with E-state index in [9.17, 15) is 14.4 Å². The fourth-order valence-electron chi connectivity index (χ4n) is 5.45. The number of thiazole rings is 1. The largest absolute Gasteiger partial charge is 0.453 e. The molecule has 1 saturated carbocycles. The van der Waals surface area contributed by atoms with Gasteiger partial charge in [0, 0.05) is 61.8 Å². The van der Waals surface area contributed by atoms with Gasteiger partial charge in [-0.1, -0.05) is 6.42 Å². The number of aromatic nitrogens is 4. The summed E-state index contributed by atoms with van der Waals surface area (Å²) in [6, 6.07) is 1.72. The third-order valence-electron chi connectivity index (χ3n) is 7.91. The molecule has 12 nitrogen and oxygen atoms in total. The average Bonchev–Trinajstić information content (AvgIpc) is 3.65. The second kappa shape index (κ2) is 10.8. The lowest BCUT2D eigenvalue weighted by Gasteiger charge is -2.32. The van der Waals surface area contributed by atoms with Crippen molar-refractivity contribution in [3.05, 3.63) is 29.5 Å². The van der Waals surface area contributed by atoms with Gasteiger partial charge in [-0.2, -0.15) is 5.10 Å². The molecule has 3 aliphatic rings. The van der Waals surface area contributed by atoms with Crippen LogP contribution in [-0.2, 0) is 9.53 Å². The first kappa shape index (κ1) is 25.5. The lowest BCUT2D eigenvalue weighted by atomic mass is 9.84. The molecule has 3 fully saturated rings. The zero-order valence-corrected chi connectivity index (χ0v) is 22.7. The molecule has 0 spiro atoms. The molecule has 6 rings (SSSR count). The Morgan fingerprint density at radius 3 is 2.54 bits per heavy atom. The first-order valence-corrected chi connectivity index (χ1v) is 14.4. The van der Waals surface area contributed by atoms with Crippen LogP contribution in [0.2, 0.25) is 0 Å². The van der Waals surface area contributed by atoms with Gasteiger partial charge in [0.2, 0.25) is 5.91 Å². The van der Waals surface area contributed by atoms with E-state index in [4.69, 9.17) is 9.72 Å². The Bertz CT molecular complexity index is 1380. The fourth-order valence-corrected chi connectivity index (χ4v) is 6.24. The lowest BCUT2D eigenvalue weighted by molar-refractivity contribution is -0.137. The minimum Gasteiger partial charge on any atom is -0.453 e. The van der Waals surface area contributed by atoms with Gasteiger partial charge in [-0.3, -0.25) is 9.59 Å². The van der Waals surface area contributed by atoms with E-state index in [-0.39, 0.29) is 29.8 Å². The molecule has 13 heteroatoms. The van der Waals surface area contributed by atoms with Crippen molar-refractivity contribution in [1.82, 2.24) is 34.7 Å². The maximum absolute atomic E-state index is 13.6. The van der Waals surface area contributed by atoms with E-state index in [0.717, 1.165) is 42.6 Å². The van der Waals surface area contributed by atoms with Crippen molar-refractivity contribution in [3.63, 3.8) is 0 Å². The van der Waals surface area contributed by atoms with Crippen molar-refractivity contribution in [2.75, 3.05) is 38.6 Å². The van der Waals surface area contributed by atoms with Gasteiger partial charge in [-0.05, 0) is 32.1 Å². The number of anilines is 1. The quantitative estimate of drug-likeness (QED) is 0.477. The van der Waals surface area contributed by atoms with Crippen LogP contribution in [0.4, 0.5) is 10.6 Å². The topological polar surface area (TPSA) is 134 Å². The van der Waals surface area contributed by atoms with Gasteiger partial charge in [0.15, 0.2) is 5.82 Å². The van der Waals surface area contributed by atoms with Crippen molar-refractivity contribution in [2.24, 2.45) is 5.92 Å². The second-order valence-corrected chi connectivity index (χ2v) is 11.3. The third-order valence-corrected chi connectivity index (χ3v) is 8.80. The Balaban J connectivity index is 1.21. The third kappa shape index (κ3) is 5.27. The van der Waals surface area contributed by atoms with Crippen LogP contribution in [0.25, 0.3) is 16.2 Å². The summed E-state index contributed by atoms with van der Waals surface area (Å²) in [6.07, 6.45) is 8.35. The van der Waals surface area contributed by atoms with E-state index in [1.54, 1.807) is 21.7 Å². The molecule has 2 saturated heterocycles. The standard InChI is InChI=1S/C26H32N8O4S/c1-38-26(37)29-17-5-8-32(9-6-17)24(36)20-13-21(28-18-7-10-33(15-18)23(35)16-3-2-4-16)31-22(30-20)19-14-27-34-11-12-39-25(19)34/h11-14,16-18H,2-10,15H2,1H3,(H,29,37)(H,28,30,31)/t18-/m1/s1. The Morgan fingerprint density at radius 2 is 1.79 bits per heavy atom. The zero-order chi connectivity index (χ0) is 26.9. The highest BCUT2D eigenvalue weighted by Gasteiger charge is 2.34. The predicted octanol–water partition coefficient (Wildman–Crippen LogP) is 2.63. The number of hydrogen-bond acceptors (Lipinski definition) is 9. The van der Waals surface area contributed by atoms with E-state index in [0.29, 0.717) is 49.8 Å². The highest BCUT2D eigenvalue weighted by molar-refractivity contribution is 7.16. The van der Waals surface area contributed by atoms with Gasteiger partial charge in [-0.25, -0.2) is 19.3 Å². The summed E-state index contributed by atoms with van der Waals surface area (Å²) in [5, 5.41) is 12.6. The highest BCUT2D eigenvalue weighted by Crippen LogP contribution is 2.31. The Hall–Kier alpha value is -3.74. The monoisotopic (exact) mass is 552 g/mol. The molecule has 3 aromatic rings. The Morgan fingerprint density at radius 1 is 1.03 bits per heavy atom. The summed E-state index contributed by atoms with van der Waals surface area (Å²) < 4.78 is 6.46. The van der Waals surface area contributed by atoms with Crippen LogP contribution < -0.4 is 10.6 Å². The Labute approximate surface area is 229 Å². The smallest absolute Gasteiger partial charge is 0.407 e. The van der Waals surface area contributed by atoms with E-state index in [2.05, 4.69) is 20.7 Å². The van der Waals surface area contributed by atoms with Crippen LogP contribution in [-0.4, -0.2) is 92.7 Å². The number of nitrogens with one attached hydrogen (secondary N) is 2. The molecule has 2 aliphatic heterocycles.